The van der Waals surface area contributed by atoms with Crippen molar-refractivity contribution in [3.63, 3.8) is 0 Å². The molecule has 1 aromatic rings. The molecule has 2 unspecified atom stereocenters. The number of hydrogen-bond acceptors (Lipinski definition) is 2. The third kappa shape index (κ3) is 3.80. The zero-order valence-corrected chi connectivity index (χ0v) is 12.9. The van der Waals surface area contributed by atoms with E-state index >= 15 is 0 Å². The number of aryl methyl sites for hydroxylation is 2. The standard InChI is InChI=1S/C17H28N2/c1-5-18-17(12-19-8-6-7-15(19)4)16-10-13(2)9-14(3)11-16/h9-11,15,17-18H,5-8,12H2,1-4H3. The minimum atomic E-state index is 0.462. The topological polar surface area (TPSA) is 15.3 Å². The second-order valence-corrected chi connectivity index (χ2v) is 6.02. The first-order chi connectivity index (χ1) is 9.10. The summed E-state index contributed by atoms with van der Waals surface area (Å²) in [6.45, 7) is 12.4. The van der Waals surface area contributed by atoms with Crippen molar-refractivity contribution >= 4 is 0 Å². The molecule has 0 bridgehead atoms. The van der Waals surface area contributed by atoms with Crippen molar-refractivity contribution in [3.05, 3.63) is 34.9 Å². The van der Waals surface area contributed by atoms with Crippen LogP contribution in [0.3, 0.4) is 0 Å². The van der Waals surface area contributed by atoms with Crippen molar-refractivity contribution in [2.45, 2.75) is 52.6 Å². The maximum absolute atomic E-state index is 3.66. The fraction of sp³-hybridized carbons (Fsp3) is 0.647. The maximum Gasteiger partial charge on any atom is 0.0449 e. The maximum atomic E-state index is 3.66. The molecule has 1 aromatic carbocycles. The summed E-state index contributed by atoms with van der Waals surface area (Å²) in [4.78, 5) is 2.63. The predicted octanol–water partition coefficient (Wildman–Crippen LogP) is 3.44. The molecule has 2 atom stereocenters. The molecule has 19 heavy (non-hydrogen) atoms. The third-order valence-corrected chi connectivity index (χ3v) is 4.20. The van der Waals surface area contributed by atoms with Gasteiger partial charge in [0, 0.05) is 18.6 Å². The van der Waals surface area contributed by atoms with Crippen LogP contribution in [0.2, 0.25) is 0 Å². The van der Waals surface area contributed by atoms with Crippen molar-refractivity contribution < 1.29 is 0 Å². The first-order valence-electron chi connectivity index (χ1n) is 7.65. The van der Waals surface area contributed by atoms with Crippen molar-refractivity contribution in [2.24, 2.45) is 0 Å². The van der Waals surface area contributed by atoms with Gasteiger partial charge in [0.25, 0.3) is 0 Å². The lowest BCUT2D eigenvalue weighted by Gasteiger charge is -2.28. The zero-order chi connectivity index (χ0) is 13.8. The molecule has 2 rings (SSSR count). The molecule has 1 N–H and O–H groups in total. The molecule has 1 heterocycles. The Morgan fingerprint density at radius 1 is 1.26 bits per heavy atom. The summed E-state index contributed by atoms with van der Waals surface area (Å²) in [7, 11) is 0. The zero-order valence-electron chi connectivity index (χ0n) is 12.9. The van der Waals surface area contributed by atoms with E-state index in [1.165, 1.54) is 36.1 Å². The lowest BCUT2D eigenvalue weighted by Crippen LogP contribution is -2.37. The molecule has 2 nitrogen and oxygen atoms in total. The first-order valence-corrected chi connectivity index (χ1v) is 7.65. The molecule has 0 amide bonds. The SMILES string of the molecule is CCNC(CN1CCCC1C)c1cc(C)cc(C)c1. The second kappa shape index (κ2) is 6.53. The van der Waals surface area contributed by atoms with Gasteiger partial charge in [0.2, 0.25) is 0 Å². The Kier molecular flexibility index (Phi) is 5.00. The Hall–Kier alpha value is -0.860. The van der Waals surface area contributed by atoms with E-state index in [1.807, 2.05) is 0 Å². The molecule has 1 saturated heterocycles. The van der Waals surface area contributed by atoms with Gasteiger partial charge in [0.05, 0.1) is 0 Å². The summed E-state index contributed by atoms with van der Waals surface area (Å²) in [5.74, 6) is 0. The lowest BCUT2D eigenvalue weighted by molar-refractivity contribution is 0.238. The van der Waals surface area contributed by atoms with Crippen LogP contribution < -0.4 is 5.32 Å². The van der Waals surface area contributed by atoms with Crippen LogP contribution in [-0.2, 0) is 0 Å². The molecular weight excluding hydrogens is 232 g/mol. The van der Waals surface area contributed by atoms with Crippen LogP contribution in [-0.4, -0.2) is 30.6 Å². The number of nitrogens with one attached hydrogen (secondary N) is 1. The third-order valence-electron chi connectivity index (χ3n) is 4.20. The van der Waals surface area contributed by atoms with Crippen molar-refractivity contribution in [3.8, 4) is 0 Å². The van der Waals surface area contributed by atoms with E-state index < -0.39 is 0 Å². The molecule has 0 radical (unpaired) electrons. The highest BCUT2D eigenvalue weighted by molar-refractivity contribution is 5.31. The van der Waals surface area contributed by atoms with Crippen LogP contribution in [0, 0.1) is 13.8 Å². The Labute approximate surface area is 118 Å². The van der Waals surface area contributed by atoms with Gasteiger partial charge in [0.15, 0.2) is 0 Å². The average Bonchev–Trinajstić information content (AvgIpc) is 2.73. The highest BCUT2D eigenvalue weighted by Gasteiger charge is 2.23. The van der Waals surface area contributed by atoms with E-state index in [0.717, 1.165) is 19.1 Å². The molecular formula is C17H28N2. The summed E-state index contributed by atoms with van der Waals surface area (Å²) in [5, 5.41) is 3.66. The van der Waals surface area contributed by atoms with Gasteiger partial charge in [-0.25, -0.2) is 0 Å². The summed E-state index contributed by atoms with van der Waals surface area (Å²) in [6.07, 6.45) is 2.71. The summed E-state index contributed by atoms with van der Waals surface area (Å²) in [6, 6.07) is 8.13. The van der Waals surface area contributed by atoms with Crippen LogP contribution in [0.5, 0.6) is 0 Å². The predicted molar refractivity (Wildman–Crippen MR) is 82.6 cm³/mol. The number of rotatable bonds is 5. The summed E-state index contributed by atoms with van der Waals surface area (Å²) >= 11 is 0. The molecule has 1 fully saturated rings. The Bertz CT molecular complexity index is 393. The van der Waals surface area contributed by atoms with Gasteiger partial charge in [-0.05, 0) is 52.3 Å². The van der Waals surface area contributed by atoms with Crippen LogP contribution in [0.1, 0.15) is 49.4 Å². The quantitative estimate of drug-likeness (QED) is 0.872. The van der Waals surface area contributed by atoms with Gasteiger partial charge < -0.3 is 5.32 Å². The Morgan fingerprint density at radius 3 is 2.47 bits per heavy atom. The smallest absolute Gasteiger partial charge is 0.0449 e. The molecule has 1 aliphatic rings. The van der Waals surface area contributed by atoms with Crippen molar-refractivity contribution in [1.82, 2.24) is 10.2 Å². The first kappa shape index (κ1) is 14.5. The molecule has 106 valence electrons. The van der Waals surface area contributed by atoms with Crippen LogP contribution in [0.4, 0.5) is 0 Å². The lowest BCUT2D eigenvalue weighted by atomic mass is 10.0. The minimum Gasteiger partial charge on any atom is -0.309 e. The van der Waals surface area contributed by atoms with Gasteiger partial charge in [0.1, 0.15) is 0 Å². The van der Waals surface area contributed by atoms with Gasteiger partial charge >= 0.3 is 0 Å². The van der Waals surface area contributed by atoms with Gasteiger partial charge in [-0.15, -0.1) is 0 Å². The minimum absolute atomic E-state index is 0.462. The second-order valence-electron chi connectivity index (χ2n) is 6.02. The number of likely N-dealkylation sites (tertiary alicyclic amines) is 1. The molecule has 0 spiro atoms. The number of benzene rings is 1. The van der Waals surface area contributed by atoms with Crippen molar-refractivity contribution in [2.75, 3.05) is 19.6 Å². The summed E-state index contributed by atoms with van der Waals surface area (Å²) in [5.41, 5.74) is 4.18. The summed E-state index contributed by atoms with van der Waals surface area (Å²) < 4.78 is 0. The van der Waals surface area contributed by atoms with E-state index in [4.69, 9.17) is 0 Å². The largest absolute Gasteiger partial charge is 0.309 e. The van der Waals surface area contributed by atoms with E-state index in [9.17, 15) is 0 Å². The monoisotopic (exact) mass is 260 g/mol. The fourth-order valence-corrected chi connectivity index (χ4v) is 3.24. The Morgan fingerprint density at radius 2 is 1.95 bits per heavy atom. The van der Waals surface area contributed by atoms with Crippen LogP contribution in [0.25, 0.3) is 0 Å². The molecule has 2 heteroatoms. The van der Waals surface area contributed by atoms with E-state index in [-0.39, 0.29) is 0 Å². The van der Waals surface area contributed by atoms with Gasteiger partial charge in [-0.3, -0.25) is 4.90 Å². The molecule has 0 aliphatic carbocycles. The van der Waals surface area contributed by atoms with Crippen LogP contribution >= 0.6 is 0 Å². The van der Waals surface area contributed by atoms with Gasteiger partial charge in [-0.1, -0.05) is 36.2 Å². The van der Waals surface area contributed by atoms with Gasteiger partial charge in [-0.2, -0.15) is 0 Å². The molecule has 0 saturated carbocycles. The molecule has 1 aliphatic heterocycles. The van der Waals surface area contributed by atoms with Crippen LogP contribution in [0.15, 0.2) is 18.2 Å². The highest BCUT2D eigenvalue weighted by atomic mass is 15.2. The van der Waals surface area contributed by atoms with E-state index in [0.29, 0.717) is 6.04 Å². The fourth-order valence-electron chi connectivity index (χ4n) is 3.24. The van der Waals surface area contributed by atoms with E-state index in [2.05, 4.69) is 56.1 Å². The number of hydrogen-bond donors (Lipinski definition) is 1. The molecule has 0 aromatic heterocycles. The van der Waals surface area contributed by atoms with E-state index in [1.54, 1.807) is 0 Å². The Balaban J connectivity index is 2.14. The normalized spacial score (nSPS) is 21.8. The highest BCUT2D eigenvalue weighted by Crippen LogP contribution is 2.23. The van der Waals surface area contributed by atoms with Crippen molar-refractivity contribution in [1.29, 1.82) is 0 Å². The number of likely N-dealkylation sites (N-methyl/N-ethyl adjacent to an activating group) is 1. The number of nitrogens with zero attached hydrogens (tertiary/aromatic N) is 1. The average molecular weight is 260 g/mol.